The molecule has 0 amide bonds. The van der Waals surface area contributed by atoms with Gasteiger partial charge in [0.25, 0.3) is 5.56 Å². The Bertz CT molecular complexity index is 1160. The number of pyridine rings is 1. The van der Waals surface area contributed by atoms with E-state index in [4.69, 9.17) is 9.40 Å². The SMILES string of the molecule is Cn1cnc2c(oc3nc(-c4ccccc4)c4c(c32)CCC4)c1=O. The van der Waals surface area contributed by atoms with Gasteiger partial charge < -0.3 is 4.42 Å². The second-order valence-corrected chi connectivity index (χ2v) is 6.26. The zero-order valence-corrected chi connectivity index (χ0v) is 13.2. The van der Waals surface area contributed by atoms with Gasteiger partial charge in [-0.05, 0) is 30.4 Å². The lowest BCUT2D eigenvalue weighted by molar-refractivity contribution is 0.638. The molecular formula is C19H15N3O2. The van der Waals surface area contributed by atoms with Crippen LogP contribution in [0.5, 0.6) is 0 Å². The predicted octanol–water partition coefficient (Wildman–Crippen LogP) is 3.23. The van der Waals surface area contributed by atoms with Crippen molar-refractivity contribution < 1.29 is 4.42 Å². The van der Waals surface area contributed by atoms with E-state index in [1.54, 1.807) is 13.4 Å². The molecule has 1 aliphatic carbocycles. The van der Waals surface area contributed by atoms with Crippen molar-refractivity contribution in [2.45, 2.75) is 19.3 Å². The van der Waals surface area contributed by atoms with Crippen molar-refractivity contribution in [2.24, 2.45) is 7.05 Å². The summed E-state index contributed by atoms with van der Waals surface area (Å²) >= 11 is 0. The van der Waals surface area contributed by atoms with Gasteiger partial charge in [0, 0.05) is 12.6 Å². The summed E-state index contributed by atoms with van der Waals surface area (Å²) in [6.45, 7) is 0. The number of aromatic nitrogens is 3. The van der Waals surface area contributed by atoms with Crippen LogP contribution in [0.2, 0.25) is 0 Å². The van der Waals surface area contributed by atoms with Crippen LogP contribution in [0.1, 0.15) is 17.5 Å². The largest absolute Gasteiger partial charge is 0.430 e. The van der Waals surface area contributed by atoms with Crippen molar-refractivity contribution in [3.63, 3.8) is 0 Å². The number of rotatable bonds is 1. The quantitative estimate of drug-likeness (QED) is 0.541. The van der Waals surface area contributed by atoms with Gasteiger partial charge in [0.15, 0.2) is 0 Å². The van der Waals surface area contributed by atoms with Crippen LogP contribution in [0, 0.1) is 0 Å². The fourth-order valence-electron chi connectivity index (χ4n) is 3.67. The highest BCUT2D eigenvalue weighted by Crippen LogP contribution is 2.38. The molecule has 0 saturated carbocycles. The van der Waals surface area contributed by atoms with Gasteiger partial charge in [0.05, 0.1) is 17.4 Å². The number of hydrogen-bond donors (Lipinski definition) is 0. The molecule has 4 aromatic rings. The fraction of sp³-hybridized carbons (Fsp3) is 0.211. The molecule has 5 heteroatoms. The van der Waals surface area contributed by atoms with E-state index in [1.807, 2.05) is 18.2 Å². The third-order valence-electron chi connectivity index (χ3n) is 4.81. The molecule has 0 aliphatic heterocycles. The molecule has 0 unspecified atom stereocenters. The smallest absolute Gasteiger partial charge is 0.296 e. The summed E-state index contributed by atoms with van der Waals surface area (Å²) in [5.41, 5.74) is 5.81. The van der Waals surface area contributed by atoms with E-state index in [1.165, 1.54) is 15.7 Å². The normalized spacial score (nSPS) is 13.7. The van der Waals surface area contributed by atoms with E-state index >= 15 is 0 Å². The zero-order chi connectivity index (χ0) is 16.3. The Morgan fingerprint density at radius 3 is 2.75 bits per heavy atom. The molecule has 0 spiro atoms. The average molecular weight is 317 g/mol. The highest BCUT2D eigenvalue weighted by molar-refractivity contribution is 6.04. The van der Waals surface area contributed by atoms with Gasteiger partial charge in [-0.25, -0.2) is 9.97 Å². The van der Waals surface area contributed by atoms with Crippen LogP contribution < -0.4 is 5.56 Å². The van der Waals surface area contributed by atoms with Crippen molar-refractivity contribution in [1.82, 2.24) is 14.5 Å². The first-order valence-electron chi connectivity index (χ1n) is 8.09. The molecule has 0 N–H and O–H groups in total. The molecule has 0 radical (unpaired) electrons. The van der Waals surface area contributed by atoms with Crippen molar-refractivity contribution in [3.8, 4) is 11.3 Å². The molecular weight excluding hydrogens is 302 g/mol. The third-order valence-corrected chi connectivity index (χ3v) is 4.81. The Labute approximate surface area is 137 Å². The molecule has 0 fully saturated rings. The van der Waals surface area contributed by atoms with Crippen LogP contribution in [0.25, 0.3) is 33.5 Å². The lowest BCUT2D eigenvalue weighted by Gasteiger charge is -2.08. The maximum absolute atomic E-state index is 12.4. The first-order valence-corrected chi connectivity index (χ1v) is 8.09. The summed E-state index contributed by atoms with van der Waals surface area (Å²) in [6, 6.07) is 10.1. The third kappa shape index (κ3) is 1.72. The highest BCUT2D eigenvalue weighted by atomic mass is 16.3. The van der Waals surface area contributed by atoms with Gasteiger partial charge in [0.2, 0.25) is 11.3 Å². The number of fused-ring (bicyclic) bond motifs is 5. The van der Waals surface area contributed by atoms with Crippen molar-refractivity contribution in [3.05, 3.63) is 58.1 Å². The molecule has 24 heavy (non-hydrogen) atoms. The molecule has 0 saturated heterocycles. The minimum Gasteiger partial charge on any atom is -0.430 e. The number of benzene rings is 1. The van der Waals surface area contributed by atoms with Crippen molar-refractivity contribution >= 4 is 22.2 Å². The summed E-state index contributed by atoms with van der Waals surface area (Å²) in [4.78, 5) is 21.6. The Morgan fingerprint density at radius 2 is 1.92 bits per heavy atom. The molecule has 1 aromatic carbocycles. The molecule has 0 bridgehead atoms. The Hall–Kier alpha value is -2.95. The predicted molar refractivity (Wildman–Crippen MR) is 92.0 cm³/mol. The first kappa shape index (κ1) is 13.5. The van der Waals surface area contributed by atoms with Crippen molar-refractivity contribution in [1.29, 1.82) is 0 Å². The second kappa shape index (κ2) is 4.77. The minimum absolute atomic E-state index is 0.175. The molecule has 5 nitrogen and oxygen atoms in total. The number of nitrogens with zero attached hydrogens (tertiary/aromatic N) is 3. The number of aryl methyl sites for hydroxylation is 2. The van der Waals surface area contributed by atoms with Crippen molar-refractivity contribution in [2.75, 3.05) is 0 Å². The maximum Gasteiger partial charge on any atom is 0.296 e. The van der Waals surface area contributed by atoms with E-state index in [9.17, 15) is 4.79 Å². The van der Waals surface area contributed by atoms with Crippen LogP contribution in [0.15, 0.2) is 45.9 Å². The summed E-state index contributed by atoms with van der Waals surface area (Å²) in [7, 11) is 1.68. The summed E-state index contributed by atoms with van der Waals surface area (Å²) in [5.74, 6) is 0. The van der Waals surface area contributed by atoms with Gasteiger partial charge in [-0.15, -0.1) is 0 Å². The topological polar surface area (TPSA) is 60.9 Å². The second-order valence-electron chi connectivity index (χ2n) is 6.26. The molecule has 3 aromatic heterocycles. The number of hydrogen-bond acceptors (Lipinski definition) is 4. The Balaban J connectivity index is 1.94. The Kier molecular flexibility index (Phi) is 2.68. The summed E-state index contributed by atoms with van der Waals surface area (Å²) < 4.78 is 7.28. The highest BCUT2D eigenvalue weighted by Gasteiger charge is 2.25. The monoisotopic (exact) mass is 317 g/mol. The van der Waals surface area contributed by atoms with E-state index in [0.29, 0.717) is 16.8 Å². The lowest BCUT2D eigenvalue weighted by Crippen LogP contribution is -2.15. The Morgan fingerprint density at radius 1 is 1.12 bits per heavy atom. The summed E-state index contributed by atoms with van der Waals surface area (Å²) in [5, 5.41) is 0.912. The molecule has 3 heterocycles. The number of furan rings is 1. The van der Waals surface area contributed by atoms with Gasteiger partial charge in [-0.2, -0.15) is 0 Å². The summed E-state index contributed by atoms with van der Waals surface area (Å²) in [6.07, 6.45) is 4.61. The molecule has 1 aliphatic rings. The minimum atomic E-state index is -0.175. The molecule has 0 atom stereocenters. The maximum atomic E-state index is 12.4. The fourth-order valence-corrected chi connectivity index (χ4v) is 3.67. The lowest BCUT2D eigenvalue weighted by atomic mass is 10.0. The van der Waals surface area contributed by atoms with E-state index in [2.05, 4.69) is 17.1 Å². The zero-order valence-electron chi connectivity index (χ0n) is 13.2. The van der Waals surface area contributed by atoms with Crippen LogP contribution in [0.3, 0.4) is 0 Å². The van der Waals surface area contributed by atoms with Crippen LogP contribution in [-0.4, -0.2) is 14.5 Å². The van der Waals surface area contributed by atoms with Crippen LogP contribution in [0.4, 0.5) is 0 Å². The first-order chi connectivity index (χ1) is 11.7. The van der Waals surface area contributed by atoms with E-state index in [0.717, 1.165) is 35.9 Å². The van der Waals surface area contributed by atoms with Crippen LogP contribution >= 0.6 is 0 Å². The molecule has 5 rings (SSSR count). The molecule has 118 valence electrons. The van der Waals surface area contributed by atoms with Gasteiger partial charge in [0.1, 0.15) is 5.52 Å². The van der Waals surface area contributed by atoms with Gasteiger partial charge >= 0.3 is 0 Å². The van der Waals surface area contributed by atoms with Crippen LogP contribution in [-0.2, 0) is 19.9 Å². The average Bonchev–Trinajstić information content (AvgIpc) is 3.22. The van der Waals surface area contributed by atoms with Gasteiger partial charge in [-0.1, -0.05) is 30.3 Å². The van der Waals surface area contributed by atoms with E-state index in [-0.39, 0.29) is 5.56 Å². The van der Waals surface area contributed by atoms with Gasteiger partial charge in [-0.3, -0.25) is 9.36 Å². The standard InChI is InChI=1S/C19H15N3O2/c1-22-10-20-16-14-12-8-5-9-13(12)15(11-6-3-2-4-7-11)21-18(14)24-17(16)19(22)23/h2-4,6-7,10H,5,8-9H2,1H3. The van der Waals surface area contributed by atoms with E-state index < -0.39 is 0 Å².